The summed E-state index contributed by atoms with van der Waals surface area (Å²) < 4.78 is 5.36. The molecule has 0 saturated carbocycles. The molecule has 0 unspecified atom stereocenters. The normalized spacial score (nSPS) is 10.6. The van der Waals surface area contributed by atoms with E-state index in [1.54, 1.807) is 25.4 Å². The van der Waals surface area contributed by atoms with E-state index in [1.807, 2.05) is 13.0 Å². The Bertz CT molecular complexity index is 663. The van der Waals surface area contributed by atoms with Gasteiger partial charge in [-0.05, 0) is 25.0 Å². The number of carboxylic acid groups (broad SMARTS) is 1. The van der Waals surface area contributed by atoms with Crippen molar-refractivity contribution in [3.63, 3.8) is 0 Å². The number of rotatable bonds is 5. The number of aryl methyl sites for hydroxylation is 1. The Kier molecular flexibility index (Phi) is 4.47. The number of aliphatic carboxylic acids is 1. The van der Waals surface area contributed by atoms with Crippen LogP contribution in [-0.4, -0.2) is 40.6 Å². The second-order valence-corrected chi connectivity index (χ2v) is 4.77. The third kappa shape index (κ3) is 3.34. The van der Waals surface area contributed by atoms with Crippen molar-refractivity contribution in [1.29, 1.82) is 0 Å². The standard InChI is InChI=1S/C15H18N2O4/c1-3-17(2)15(20)21-12-6-4-5-11-10(7-8-13(18)19)9-16-14(11)12/h4-6,9,16H,3,7-8H2,1-2H3,(H,18,19). The minimum Gasteiger partial charge on any atom is -0.481 e. The van der Waals surface area contributed by atoms with Crippen molar-refractivity contribution in [2.24, 2.45) is 0 Å². The van der Waals surface area contributed by atoms with Crippen LogP contribution in [0.5, 0.6) is 5.75 Å². The predicted molar refractivity (Wildman–Crippen MR) is 78.6 cm³/mol. The van der Waals surface area contributed by atoms with E-state index in [0.29, 0.717) is 24.2 Å². The number of carboxylic acids is 1. The molecule has 1 heterocycles. The molecule has 21 heavy (non-hydrogen) atoms. The molecule has 0 saturated heterocycles. The maximum atomic E-state index is 11.8. The smallest absolute Gasteiger partial charge is 0.415 e. The largest absolute Gasteiger partial charge is 0.481 e. The number of fused-ring (bicyclic) bond motifs is 1. The third-order valence-corrected chi connectivity index (χ3v) is 3.35. The summed E-state index contributed by atoms with van der Waals surface area (Å²) in [5.41, 5.74) is 1.60. The SMILES string of the molecule is CCN(C)C(=O)Oc1cccc2c(CCC(=O)O)c[nH]c12. The number of aromatic nitrogens is 1. The second kappa shape index (κ2) is 6.30. The number of nitrogens with zero attached hydrogens (tertiary/aromatic N) is 1. The van der Waals surface area contributed by atoms with Crippen LogP contribution >= 0.6 is 0 Å². The Morgan fingerprint density at radius 2 is 2.14 bits per heavy atom. The Hall–Kier alpha value is -2.50. The van der Waals surface area contributed by atoms with E-state index in [-0.39, 0.29) is 6.42 Å². The lowest BCUT2D eigenvalue weighted by atomic mass is 10.1. The highest BCUT2D eigenvalue weighted by Gasteiger charge is 2.14. The van der Waals surface area contributed by atoms with Crippen LogP contribution in [0.2, 0.25) is 0 Å². The molecule has 2 N–H and O–H groups in total. The van der Waals surface area contributed by atoms with Gasteiger partial charge in [-0.25, -0.2) is 4.79 Å². The number of amides is 1. The fourth-order valence-electron chi connectivity index (χ4n) is 2.02. The molecule has 1 aromatic carbocycles. The summed E-state index contributed by atoms with van der Waals surface area (Å²) in [5, 5.41) is 9.64. The molecule has 0 aliphatic rings. The number of carbonyl (C=O) groups excluding carboxylic acids is 1. The molecule has 1 aromatic heterocycles. The van der Waals surface area contributed by atoms with Gasteiger partial charge < -0.3 is 19.7 Å². The first-order valence-corrected chi connectivity index (χ1v) is 6.76. The van der Waals surface area contributed by atoms with Gasteiger partial charge in [-0.1, -0.05) is 12.1 Å². The van der Waals surface area contributed by atoms with E-state index < -0.39 is 12.1 Å². The van der Waals surface area contributed by atoms with Gasteiger partial charge in [-0.2, -0.15) is 0 Å². The zero-order valence-corrected chi connectivity index (χ0v) is 12.0. The number of ether oxygens (including phenoxy) is 1. The molecule has 2 rings (SSSR count). The van der Waals surface area contributed by atoms with Crippen LogP contribution in [0.4, 0.5) is 4.79 Å². The molecule has 0 atom stereocenters. The monoisotopic (exact) mass is 290 g/mol. The lowest BCUT2D eigenvalue weighted by Crippen LogP contribution is -2.29. The average Bonchev–Trinajstić information content (AvgIpc) is 2.88. The number of nitrogens with one attached hydrogen (secondary N) is 1. The van der Waals surface area contributed by atoms with Crippen molar-refractivity contribution in [3.05, 3.63) is 30.0 Å². The van der Waals surface area contributed by atoms with Crippen molar-refractivity contribution >= 4 is 23.0 Å². The van der Waals surface area contributed by atoms with Crippen molar-refractivity contribution in [1.82, 2.24) is 9.88 Å². The fraction of sp³-hybridized carbons (Fsp3) is 0.333. The van der Waals surface area contributed by atoms with Gasteiger partial charge in [0.1, 0.15) is 0 Å². The lowest BCUT2D eigenvalue weighted by Gasteiger charge is -2.14. The van der Waals surface area contributed by atoms with E-state index in [9.17, 15) is 9.59 Å². The maximum Gasteiger partial charge on any atom is 0.415 e. The van der Waals surface area contributed by atoms with Crippen LogP contribution in [0.1, 0.15) is 18.9 Å². The first kappa shape index (κ1) is 14.9. The maximum absolute atomic E-state index is 11.8. The van der Waals surface area contributed by atoms with Gasteiger partial charge in [-0.3, -0.25) is 4.79 Å². The number of aromatic amines is 1. The van der Waals surface area contributed by atoms with E-state index in [1.165, 1.54) is 4.90 Å². The van der Waals surface area contributed by atoms with Crippen LogP contribution in [0, 0.1) is 0 Å². The van der Waals surface area contributed by atoms with Crippen LogP contribution in [0.25, 0.3) is 10.9 Å². The highest BCUT2D eigenvalue weighted by molar-refractivity contribution is 5.90. The highest BCUT2D eigenvalue weighted by Crippen LogP contribution is 2.28. The molecule has 6 nitrogen and oxygen atoms in total. The van der Waals surface area contributed by atoms with Gasteiger partial charge in [0.05, 0.1) is 5.52 Å². The van der Waals surface area contributed by atoms with Gasteiger partial charge >= 0.3 is 12.1 Å². The molecular weight excluding hydrogens is 272 g/mol. The van der Waals surface area contributed by atoms with Crippen LogP contribution in [-0.2, 0) is 11.2 Å². The van der Waals surface area contributed by atoms with Crippen molar-refractivity contribution < 1.29 is 19.4 Å². The number of carbonyl (C=O) groups is 2. The van der Waals surface area contributed by atoms with E-state index in [4.69, 9.17) is 9.84 Å². The second-order valence-electron chi connectivity index (χ2n) is 4.77. The van der Waals surface area contributed by atoms with E-state index in [0.717, 1.165) is 10.9 Å². The molecule has 0 spiro atoms. The summed E-state index contributed by atoms with van der Waals surface area (Å²) in [7, 11) is 1.66. The summed E-state index contributed by atoms with van der Waals surface area (Å²) in [5.74, 6) is -0.393. The molecule has 2 aromatic rings. The quantitative estimate of drug-likeness (QED) is 0.886. The Morgan fingerprint density at radius 1 is 1.38 bits per heavy atom. The van der Waals surface area contributed by atoms with Gasteiger partial charge in [0, 0.05) is 31.6 Å². The van der Waals surface area contributed by atoms with Gasteiger partial charge in [0.2, 0.25) is 0 Å². The molecule has 6 heteroatoms. The zero-order valence-electron chi connectivity index (χ0n) is 12.0. The molecule has 0 fully saturated rings. The minimum absolute atomic E-state index is 0.0650. The molecule has 0 radical (unpaired) electrons. The number of benzene rings is 1. The van der Waals surface area contributed by atoms with Crippen molar-refractivity contribution in [2.75, 3.05) is 13.6 Å². The first-order valence-electron chi connectivity index (χ1n) is 6.76. The topological polar surface area (TPSA) is 82.6 Å². The number of para-hydroxylation sites is 1. The summed E-state index contributed by atoms with van der Waals surface area (Å²) in [4.78, 5) is 27.0. The van der Waals surface area contributed by atoms with E-state index >= 15 is 0 Å². The summed E-state index contributed by atoms with van der Waals surface area (Å²) >= 11 is 0. The molecule has 0 bridgehead atoms. The van der Waals surface area contributed by atoms with Gasteiger partial charge in [0.15, 0.2) is 5.75 Å². The van der Waals surface area contributed by atoms with Crippen LogP contribution in [0.3, 0.4) is 0 Å². The van der Waals surface area contributed by atoms with Crippen LogP contribution in [0.15, 0.2) is 24.4 Å². The first-order chi connectivity index (χ1) is 10.0. The Balaban J connectivity index is 2.26. The minimum atomic E-state index is -0.837. The highest BCUT2D eigenvalue weighted by atomic mass is 16.6. The van der Waals surface area contributed by atoms with Crippen molar-refractivity contribution in [3.8, 4) is 5.75 Å². The number of H-pyrrole nitrogens is 1. The van der Waals surface area contributed by atoms with Gasteiger partial charge in [-0.15, -0.1) is 0 Å². The number of hydrogen-bond acceptors (Lipinski definition) is 3. The average molecular weight is 290 g/mol. The lowest BCUT2D eigenvalue weighted by molar-refractivity contribution is -0.136. The van der Waals surface area contributed by atoms with Crippen LogP contribution < -0.4 is 4.74 Å². The van der Waals surface area contributed by atoms with E-state index in [2.05, 4.69) is 4.98 Å². The predicted octanol–water partition coefficient (Wildman–Crippen LogP) is 2.64. The van der Waals surface area contributed by atoms with Gasteiger partial charge in [0.25, 0.3) is 0 Å². The zero-order chi connectivity index (χ0) is 15.4. The number of hydrogen-bond donors (Lipinski definition) is 2. The Morgan fingerprint density at radius 3 is 2.81 bits per heavy atom. The molecular formula is C15H18N2O4. The fourth-order valence-corrected chi connectivity index (χ4v) is 2.02. The molecule has 0 aliphatic heterocycles. The summed E-state index contributed by atoms with van der Waals surface area (Å²) in [6, 6.07) is 5.38. The summed E-state index contributed by atoms with van der Waals surface area (Å²) in [6.07, 6.45) is 1.83. The Labute approximate surface area is 122 Å². The molecule has 1 amide bonds. The third-order valence-electron chi connectivity index (χ3n) is 3.35. The van der Waals surface area contributed by atoms with Crippen molar-refractivity contribution in [2.45, 2.75) is 19.8 Å². The molecule has 0 aliphatic carbocycles. The molecule has 112 valence electrons. The summed E-state index contributed by atoms with van der Waals surface area (Å²) in [6.45, 7) is 2.42.